The van der Waals surface area contributed by atoms with Crippen LogP contribution in [0.3, 0.4) is 0 Å². The fourth-order valence-corrected chi connectivity index (χ4v) is 10.3. The molecule has 0 aliphatic heterocycles. The summed E-state index contributed by atoms with van der Waals surface area (Å²) >= 11 is 0. The second-order valence-electron chi connectivity index (χ2n) is 17.6. The smallest absolute Gasteiger partial charge is 0.0540 e. The van der Waals surface area contributed by atoms with Crippen molar-refractivity contribution < 1.29 is 0 Å². The molecule has 324 valence electrons. The van der Waals surface area contributed by atoms with Gasteiger partial charge in [0, 0.05) is 16.9 Å². The Morgan fingerprint density at radius 2 is 0.638 bits per heavy atom. The monoisotopic (exact) mass is 877 g/mol. The molecule has 0 saturated carbocycles. The molecule has 1 nitrogen and oxygen atoms in total. The number of nitrogens with zero attached hydrogens (tertiary/aromatic N) is 1. The molecule has 0 heterocycles. The Hall–Kier alpha value is -9.04. The van der Waals surface area contributed by atoms with Crippen LogP contribution >= 0.6 is 0 Å². The van der Waals surface area contributed by atoms with Crippen molar-refractivity contribution in [1.29, 1.82) is 0 Å². The van der Waals surface area contributed by atoms with Crippen LogP contribution in [0.2, 0.25) is 0 Å². The van der Waals surface area contributed by atoms with Crippen LogP contribution in [-0.4, -0.2) is 0 Å². The van der Waals surface area contributed by atoms with E-state index in [0.717, 1.165) is 33.8 Å². The van der Waals surface area contributed by atoms with Crippen molar-refractivity contribution in [3.63, 3.8) is 0 Å². The van der Waals surface area contributed by atoms with E-state index in [1.807, 2.05) is 0 Å². The largest absolute Gasteiger partial charge is 0.310 e. The van der Waals surface area contributed by atoms with E-state index in [4.69, 9.17) is 0 Å². The van der Waals surface area contributed by atoms with Gasteiger partial charge in [0.1, 0.15) is 0 Å². The highest BCUT2D eigenvalue weighted by Crippen LogP contribution is 2.49. The number of anilines is 3. The molecule has 1 heteroatoms. The van der Waals surface area contributed by atoms with E-state index in [-0.39, 0.29) is 0 Å². The fourth-order valence-electron chi connectivity index (χ4n) is 10.3. The lowest BCUT2D eigenvalue weighted by atomic mass is 9.82. The van der Waals surface area contributed by atoms with Crippen LogP contribution in [-0.2, 0) is 0 Å². The lowest BCUT2D eigenvalue weighted by Crippen LogP contribution is -2.12. The van der Waals surface area contributed by atoms with E-state index < -0.39 is 0 Å². The summed E-state index contributed by atoms with van der Waals surface area (Å²) in [5.74, 6) is 0. The molecule has 0 saturated heterocycles. The molecule has 0 bridgehead atoms. The molecule has 12 aromatic carbocycles. The van der Waals surface area contributed by atoms with Gasteiger partial charge in [-0.2, -0.15) is 0 Å². The Labute approximate surface area is 404 Å². The average molecular weight is 878 g/mol. The van der Waals surface area contributed by atoms with Gasteiger partial charge in [-0.05, 0) is 130 Å². The summed E-state index contributed by atoms with van der Waals surface area (Å²) in [4.78, 5) is 2.45. The fraction of sp³-hybridized carbons (Fsp3) is 0. The van der Waals surface area contributed by atoms with Crippen LogP contribution in [0.1, 0.15) is 0 Å². The molecule has 0 amide bonds. The summed E-state index contributed by atoms with van der Waals surface area (Å²) in [6.07, 6.45) is 0. The van der Waals surface area contributed by atoms with Crippen LogP contribution < -0.4 is 4.90 Å². The van der Waals surface area contributed by atoms with Crippen LogP contribution in [0.15, 0.2) is 285 Å². The number of benzene rings is 12. The molecule has 0 spiro atoms. The van der Waals surface area contributed by atoms with E-state index in [9.17, 15) is 0 Å². The number of hydrogen-bond acceptors (Lipinski definition) is 1. The molecule has 0 radical (unpaired) electrons. The van der Waals surface area contributed by atoms with Crippen LogP contribution in [0.5, 0.6) is 0 Å². The molecule has 0 unspecified atom stereocenters. The van der Waals surface area contributed by atoms with Crippen molar-refractivity contribution >= 4 is 38.6 Å². The van der Waals surface area contributed by atoms with Crippen LogP contribution in [0.25, 0.3) is 99.4 Å². The Bertz CT molecular complexity index is 3720. The number of hydrogen-bond donors (Lipinski definition) is 0. The third-order valence-electron chi connectivity index (χ3n) is 13.5. The van der Waals surface area contributed by atoms with Gasteiger partial charge in [0.2, 0.25) is 0 Å². The molecule has 69 heavy (non-hydrogen) atoms. The minimum absolute atomic E-state index is 1.06. The Morgan fingerprint density at radius 3 is 1.23 bits per heavy atom. The Kier molecular flexibility index (Phi) is 11.0. The molecule has 12 aromatic rings. The molecule has 0 aromatic heterocycles. The van der Waals surface area contributed by atoms with Crippen molar-refractivity contribution in [2.45, 2.75) is 0 Å². The second kappa shape index (κ2) is 18.3. The molecule has 0 aliphatic carbocycles. The molecule has 12 rings (SSSR count). The Balaban J connectivity index is 1.09. The summed E-state index contributed by atoms with van der Waals surface area (Å²) in [6.45, 7) is 0. The highest BCUT2D eigenvalue weighted by atomic mass is 15.1. The standard InChI is InChI=1S/C68H47N/c1-7-22-48(23-8-1)55-40-45-65(64(46-55)51-28-13-4-14-29-51)69(57-43-44-58(49-24-9-2-10-25-49)63(47-57)50-26-11-3-12-27-50)56-41-38-52(39-42-56)59-36-21-37-62-60-34-19-20-35-61(60)66(53-30-15-5-16-31-53)67(68(59)62)54-32-17-6-18-33-54/h1-47H. The van der Waals surface area contributed by atoms with E-state index >= 15 is 0 Å². The summed E-state index contributed by atoms with van der Waals surface area (Å²) < 4.78 is 0. The maximum atomic E-state index is 2.45. The summed E-state index contributed by atoms with van der Waals surface area (Å²) in [5, 5.41) is 4.98. The summed E-state index contributed by atoms with van der Waals surface area (Å²) in [5.41, 5.74) is 19.9. The SMILES string of the molecule is c1ccc(-c2ccc(N(c3ccc(-c4cccc5c4c(-c4ccccc4)c(-c4ccccc4)c4ccccc45)cc3)c3ccc(-c4ccccc4)c(-c4ccccc4)c3)c(-c3ccccc3)c2)cc1. The van der Waals surface area contributed by atoms with Crippen molar-refractivity contribution in [1.82, 2.24) is 0 Å². The zero-order chi connectivity index (χ0) is 45.9. The normalized spacial score (nSPS) is 11.2. The molecular weight excluding hydrogens is 831 g/mol. The van der Waals surface area contributed by atoms with Crippen LogP contribution in [0, 0.1) is 0 Å². The van der Waals surface area contributed by atoms with Crippen molar-refractivity contribution in [2.75, 3.05) is 4.90 Å². The second-order valence-corrected chi connectivity index (χ2v) is 17.6. The first-order chi connectivity index (χ1) is 34.3. The molecular formula is C68H47N. The van der Waals surface area contributed by atoms with Crippen molar-refractivity contribution in [2.24, 2.45) is 0 Å². The van der Waals surface area contributed by atoms with Gasteiger partial charge in [0.25, 0.3) is 0 Å². The lowest BCUT2D eigenvalue weighted by molar-refractivity contribution is 1.28. The molecule has 0 aliphatic rings. The molecule has 0 fully saturated rings. The maximum Gasteiger partial charge on any atom is 0.0540 e. The Morgan fingerprint density at radius 1 is 0.203 bits per heavy atom. The quantitative estimate of drug-likeness (QED) is 0.124. The van der Waals surface area contributed by atoms with Gasteiger partial charge in [0.05, 0.1) is 5.69 Å². The van der Waals surface area contributed by atoms with Gasteiger partial charge in [-0.25, -0.2) is 0 Å². The average Bonchev–Trinajstić information content (AvgIpc) is 3.44. The predicted molar refractivity (Wildman–Crippen MR) is 294 cm³/mol. The highest BCUT2D eigenvalue weighted by molar-refractivity contribution is 6.25. The predicted octanol–water partition coefficient (Wildman–Crippen LogP) is 19.1. The first-order valence-electron chi connectivity index (χ1n) is 23.8. The summed E-state index contributed by atoms with van der Waals surface area (Å²) in [6, 6.07) is 104. The highest BCUT2D eigenvalue weighted by Gasteiger charge is 2.23. The third kappa shape index (κ3) is 7.86. The maximum absolute atomic E-state index is 2.45. The topological polar surface area (TPSA) is 3.24 Å². The van der Waals surface area contributed by atoms with E-state index in [1.165, 1.54) is 82.7 Å². The molecule has 0 N–H and O–H groups in total. The molecule has 0 atom stereocenters. The van der Waals surface area contributed by atoms with Gasteiger partial charge in [-0.15, -0.1) is 0 Å². The van der Waals surface area contributed by atoms with E-state index in [0.29, 0.717) is 0 Å². The lowest BCUT2D eigenvalue weighted by Gasteiger charge is -2.29. The van der Waals surface area contributed by atoms with Gasteiger partial charge >= 0.3 is 0 Å². The van der Waals surface area contributed by atoms with Gasteiger partial charge in [0.15, 0.2) is 0 Å². The zero-order valence-electron chi connectivity index (χ0n) is 38.1. The summed E-state index contributed by atoms with van der Waals surface area (Å²) in [7, 11) is 0. The van der Waals surface area contributed by atoms with Crippen molar-refractivity contribution in [3.8, 4) is 77.9 Å². The van der Waals surface area contributed by atoms with Gasteiger partial charge < -0.3 is 4.90 Å². The first kappa shape index (κ1) is 41.4. The van der Waals surface area contributed by atoms with Crippen LogP contribution in [0.4, 0.5) is 17.1 Å². The number of rotatable bonds is 10. The first-order valence-corrected chi connectivity index (χ1v) is 23.8. The van der Waals surface area contributed by atoms with Gasteiger partial charge in [-0.1, -0.05) is 249 Å². The minimum Gasteiger partial charge on any atom is -0.310 e. The van der Waals surface area contributed by atoms with Crippen molar-refractivity contribution in [3.05, 3.63) is 285 Å². The van der Waals surface area contributed by atoms with E-state index in [1.54, 1.807) is 0 Å². The van der Waals surface area contributed by atoms with Gasteiger partial charge in [-0.3, -0.25) is 0 Å². The zero-order valence-corrected chi connectivity index (χ0v) is 38.1. The third-order valence-corrected chi connectivity index (χ3v) is 13.5. The minimum atomic E-state index is 1.06. The number of fused-ring (bicyclic) bond motifs is 3. The van der Waals surface area contributed by atoms with E-state index in [2.05, 4.69) is 290 Å².